The molecule has 0 aliphatic carbocycles. The van der Waals surface area contributed by atoms with E-state index in [2.05, 4.69) is 4.98 Å². The summed E-state index contributed by atoms with van der Waals surface area (Å²) in [5.74, 6) is -0.711. The quantitative estimate of drug-likeness (QED) is 0.605. The van der Waals surface area contributed by atoms with Gasteiger partial charge in [0.15, 0.2) is 11.5 Å². The molecular weight excluding hydrogens is 348 g/mol. The number of aromatic hydroxyl groups is 1. The van der Waals surface area contributed by atoms with Crippen molar-refractivity contribution in [3.8, 4) is 17.2 Å². The van der Waals surface area contributed by atoms with Crippen LogP contribution in [0.15, 0.2) is 54.7 Å². The summed E-state index contributed by atoms with van der Waals surface area (Å²) in [4.78, 5) is 14.5. The molecule has 3 aromatic rings. The van der Waals surface area contributed by atoms with Gasteiger partial charge in [-0.05, 0) is 35.9 Å². The lowest BCUT2D eigenvalue weighted by Gasteiger charge is -2.09. The molecule has 3 rings (SSSR count). The SMILES string of the molecule is COc1cc(/C=C/C(=O)O)cc(OC)c1O.Nc1cnc2ccccc2c1. The van der Waals surface area contributed by atoms with E-state index in [1.807, 2.05) is 30.3 Å². The van der Waals surface area contributed by atoms with Crippen molar-refractivity contribution in [1.82, 2.24) is 4.98 Å². The predicted octanol–water partition coefficient (Wildman–Crippen LogP) is 3.32. The Kier molecular flexibility index (Phi) is 6.60. The third kappa shape index (κ3) is 5.37. The Morgan fingerprint density at radius 3 is 2.33 bits per heavy atom. The summed E-state index contributed by atoms with van der Waals surface area (Å²) in [7, 11) is 2.80. The maximum absolute atomic E-state index is 10.3. The van der Waals surface area contributed by atoms with Gasteiger partial charge in [0, 0.05) is 11.5 Å². The van der Waals surface area contributed by atoms with E-state index in [0.29, 0.717) is 11.3 Å². The fourth-order valence-corrected chi connectivity index (χ4v) is 2.27. The van der Waals surface area contributed by atoms with Gasteiger partial charge in [-0.2, -0.15) is 0 Å². The number of carboxylic acid groups (broad SMARTS) is 1. The molecule has 0 saturated carbocycles. The number of phenolic OH excluding ortho intramolecular Hbond substituents is 1. The minimum Gasteiger partial charge on any atom is -0.502 e. The molecule has 7 nitrogen and oxygen atoms in total. The molecule has 0 radical (unpaired) electrons. The van der Waals surface area contributed by atoms with Gasteiger partial charge in [-0.1, -0.05) is 18.2 Å². The third-order valence-electron chi connectivity index (χ3n) is 3.53. The van der Waals surface area contributed by atoms with Gasteiger partial charge in [0.1, 0.15) is 0 Å². The number of anilines is 1. The number of hydrogen-bond donors (Lipinski definition) is 3. The van der Waals surface area contributed by atoms with Crippen LogP contribution in [-0.2, 0) is 4.79 Å². The number of aromatic nitrogens is 1. The van der Waals surface area contributed by atoms with E-state index in [-0.39, 0.29) is 17.2 Å². The van der Waals surface area contributed by atoms with Crippen molar-refractivity contribution in [2.24, 2.45) is 0 Å². The van der Waals surface area contributed by atoms with E-state index in [1.54, 1.807) is 6.20 Å². The molecule has 0 bridgehead atoms. The summed E-state index contributed by atoms with van der Waals surface area (Å²) < 4.78 is 9.85. The molecule has 1 aromatic heterocycles. The van der Waals surface area contributed by atoms with Crippen LogP contribution in [-0.4, -0.2) is 35.4 Å². The fraction of sp³-hybridized carbons (Fsp3) is 0.100. The molecule has 0 unspecified atom stereocenters. The zero-order valence-electron chi connectivity index (χ0n) is 14.9. The smallest absolute Gasteiger partial charge is 0.328 e. The highest BCUT2D eigenvalue weighted by Gasteiger charge is 2.09. The van der Waals surface area contributed by atoms with Crippen molar-refractivity contribution in [1.29, 1.82) is 0 Å². The molecule has 140 valence electrons. The molecule has 0 atom stereocenters. The first-order valence-electron chi connectivity index (χ1n) is 7.91. The molecule has 0 spiro atoms. The normalized spacial score (nSPS) is 10.3. The molecule has 0 amide bonds. The van der Waals surface area contributed by atoms with Crippen LogP contribution in [0.2, 0.25) is 0 Å². The summed E-state index contributed by atoms with van der Waals surface area (Å²) >= 11 is 0. The molecular formula is C20H20N2O5. The number of methoxy groups -OCH3 is 2. The molecule has 7 heteroatoms. The highest BCUT2D eigenvalue weighted by Crippen LogP contribution is 2.37. The fourth-order valence-electron chi connectivity index (χ4n) is 2.27. The number of aliphatic carboxylic acids is 1. The van der Waals surface area contributed by atoms with Crippen LogP contribution in [0.3, 0.4) is 0 Å². The van der Waals surface area contributed by atoms with Crippen LogP contribution in [0.4, 0.5) is 5.69 Å². The van der Waals surface area contributed by atoms with Gasteiger partial charge in [0.25, 0.3) is 0 Å². The van der Waals surface area contributed by atoms with Crippen LogP contribution in [0.5, 0.6) is 17.2 Å². The van der Waals surface area contributed by atoms with Crippen molar-refractivity contribution in [2.45, 2.75) is 0 Å². The maximum atomic E-state index is 10.3. The van der Waals surface area contributed by atoms with Gasteiger partial charge in [0.2, 0.25) is 5.75 Å². The van der Waals surface area contributed by atoms with E-state index < -0.39 is 5.97 Å². The minimum absolute atomic E-state index is 0.113. The van der Waals surface area contributed by atoms with Gasteiger partial charge in [0.05, 0.1) is 31.6 Å². The lowest BCUT2D eigenvalue weighted by Crippen LogP contribution is -1.91. The number of pyridine rings is 1. The lowest BCUT2D eigenvalue weighted by atomic mass is 10.1. The Morgan fingerprint density at radius 2 is 1.74 bits per heavy atom. The van der Waals surface area contributed by atoms with E-state index >= 15 is 0 Å². The molecule has 0 fully saturated rings. The number of nitrogens with two attached hydrogens (primary N) is 1. The van der Waals surface area contributed by atoms with Gasteiger partial charge in [-0.25, -0.2) is 4.79 Å². The largest absolute Gasteiger partial charge is 0.502 e. The second-order valence-electron chi connectivity index (χ2n) is 5.41. The Hall–Kier alpha value is -3.74. The number of para-hydroxylation sites is 1. The standard InChI is InChI=1S/C11H12O5.C9H8N2/c1-15-8-5-7(3-4-10(12)13)6-9(16-2)11(8)14;10-8-5-7-3-1-2-4-9(7)11-6-8/h3-6,14H,1-2H3,(H,12,13);1-6H,10H2/b4-3+;. The van der Waals surface area contributed by atoms with Crippen molar-refractivity contribution in [3.63, 3.8) is 0 Å². The number of rotatable bonds is 4. The molecule has 27 heavy (non-hydrogen) atoms. The third-order valence-corrected chi connectivity index (χ3v) is 3.53. The average Bonchev–Trinajstić information content (AvgIpc) is 2.67. The molecule has 2 aromatic carbocycles. The second-order valence-corrected chi connectivity index (χ2v) is 5.41. The zero-order chi connectivity index (χ0) is 19.8. The second kappa shape index (κ2) is 9.10. The first-order chi connectivity index (χ1) is 12.9. The van der Waals surface area contributed by atoms with E-state index in [9.17, 15) is 9.90 Å². The first-order valence-corrected chi connectivity index (χ1v) is 7.91. The Bertz CT molecular complexity index is 944. The summed E-state index contributed by atoms with van der Waals surface area (Å²) in [5, 5.41) is 19.2. The Labute approximate surface area is 156 Å². The summed E-state index contributed by atoms with van der Waals surface area (Å²) in [6.45, 7) is 0. The van der Waals surface area contributed by atoms with Crippen molar-refractivity contribution >= 4 is 28.6 Å². The van der Waals surface area contributed by atoms with Gasteiger partial charge >= 0.3 is 5.97 Å². The molecule has 0 aliphatic rings. The zero-order valence-corrected chi connectivity index (χ0v) is 14.9. The molecule has 4 N–H and O–H groups in total. The predicted molar refractivity (Wildman–Crippen MR) is 104 cm³/mol. The molecule has 0 aliphatic heterocycles. The van der Waals surface area contributed by atoms with Crippen molar-refractivity contribution < 1.29 is 24.5 Å². The highest BCUT2D eigenvalue weighted by atomic mass is 16.5. The number of fused-ring (bicyclic) bond motifs is 1. The molecule has 1 heterocycles. The van der Waals surface area contributed by atoms with Crippen LogP contribution >= 0.6 is 0 Å². The van der Waals surface area contributed by atoms with Crippen molar-refractivity contribution in [3.05, 3.63) is 60.3 Å². The topological polar surface area (TPSA) is 115 Å². The monoisotopic (exact) mass is 368 g/mol. The van der Waals surface area contributed by atoms with Gasteiger partial charge in [-0.15, -0.1) is 0 Å². The number of benzene rings is 2. The number of carboxylic acids is 1. The number of carbonyl (C=O) groups is 1. The number of nitrogens with zero attached hydrogens (tertiary/aromatic N) is 1. The lowest BCUT2D eigenvalue weighted by molar-refractivity contribution is -0.131. The number of phenols is 1. The number of hydrogen-bond acceptors (Lipinski definition) is 6. The Morgan fingerprint density at radius 1 is 1.11 bits per heavy atom. The van der Waals surface area contributed by atoms with E-state index in [1.165, 1.54) is 32.4 Å². The van der Waals surface area contributed by atoms with E-state index in [4.69, 9.17) is 20.3 Å². The summed E-state index contributed by atoms with van der Waals surface area (Å²) in [5.41, 5.74) is 7.82. The minimum atomic E-state index is -1.05. The van der Waals surface area contributed by atoms with Crippen LogP contribution < -0.4 is 15.2 Å². The van der Waals surface area contributed by atoms with Crippen molar-refractivity contribution in [2.75, 3.05) is 20.0 Å². The summed E-state index contributed by atoms with van der Waals surface area (Å²) in [6, 6.07) is 12.8. The van der Waals surface area contributed by atoms with Crippen LogP contribution in [0, 0.1) is 0 Å². The number of nitrogen functional groups attached to an aromatic ring is 1. The molecule has 0 saturated heterocycles. The van der Waals surface area contributed by atoms with Gasteiger partial charge < -0.3 is 25.4 Å². The average molecular weight is 368 g/mol. The van der Waals surface area contributed by atoms with Gasteiger partial charge in [-0.3, -0.25) is 4.98 Å². The number of ether oxygens (including phenoxy) is 2. The van der Waals surface area contributed by atoms with E-state index in [0.717, 1.165) is 17.0 Å². The van der Waals surface area contributed by atoms with Crippen LogP contribution in [0.25, 0.3) is 17.0 Å². The Balaban J connectivity index is 0.000000206. The maximum Gasteiger partial charge on any atom is 0.328 e. The highest BCUT2D eigenvalue weighted by molar-refractivity contribution is 5.85. The first kappa shape index (κ1) is 19.6. The van der Waals surface area contributed by atoms with Crippen LogP contribution in [0.1, 0.15) is 5.56 Å². The summed E-state index contributed by atoms with van der Waals surface area (Å²) in [6.07, 6.45) is 4.04.